The minimum atomic E-state index is -0.477. The molecule has 0 unspecified atom stereocenters. The van der Waals surface area contributed by atoms with Crippen molar-refractivity contribution in [3.8, 4) is 16.4 Å². The first-order valence-corrected chi connectivity index (χ1v) is 10.4. The lowest BCUT2D eigenvalue weighted by Gasteiger charge is -2.11. The van der Waals surface area contributed by atoms with Crippen LogP contribution in [0.2, 0.25) is 0 Å². The van der Waals surface area contributed by atoms with Crippen molar-refractivity contribution in [2.45, 2.75) is 39.2 Å². The third-order valence-corrected chi connectivity index (χ3v) is 5.25. The molecule has 4 rings (SSSR count). The van der Waals surface area contributed by atoms with Crippen LogP contribution < -0.4 is 5.32 Å². The first kappa shape index (κ1) is 20.0. The number of para-hydroxylation sites is 1. The third-order valence-electron chi connectivity index (χ3n) is 4.38. The Kier molecular flexibility index (Phi) is 5.21. The molecule has 30 heavy (non-hydrogen) atoms. The van der Waals surface area contributed by atoms with E-state index in [0.717, 1.165) is 10.6 Å². The molecular weight excluding hydrogens is 400 g/mol. The normalized spacial score (nSPS) is 12.7. The van der Waals surface area contributed by atoms with E-state index in [1.807, 2.05) is 68.6 Å². The summed E-state index contributed by atoms with van der Waals surface area (Å²) in [6.45, 7) is 7.78. The number of carbonyl (C=O) groups is 1. The number of benzene rings is 1. The first-order valence-electron chi connectivity index (χ1n) is 9.54. The van der Waals surface area contributed by atoms with Gasteiger partial charge in [-0.3, -0.25) is 4.79 Å². The number of nitrogens with zero attached hydrogens (tertiary/aromatic N) is 5. The van der Waals surface area contributed by atoms with Gasteiger partial charge in [-0.05, 0) is 30.5 Å². The van der Waals surface area contributed by atoms with Crippen molar-refractivity contribution in [2.75, 3.05) is 0 Å². The van der Waals surface area contributed by atoms with Crippen molar-refractivity contribution in [3.63, 3.8) is 0 Å². The Bertz CT molecular complexity index is 1140. The van der Waals surface area contributed by atoms with Crippen molar-refractivity contribution < 1.29 is 9.32 Å². The fourth-order valence-electron chi connectivity index (χ4n) is 2.76. The van der Waals surface area contributed by atoms with E-state index in [0.29, 0.717) is 17.5 Å². The minimum Gasteiger partial charge on any atom is -0.338 e. The second-order valence-corrected chi connectivity index (χ2v) is 8.83. The van der Waals surface area contributed by atoms with Crippen molar-refractivity contribution in [1.82, 2.24) is 30.2 Å². The number of amides is 1. The van der Waals surface area contributed by atoms with Crippen LogP contribution in [0.25, 0.3) is 16.4 Å². The molecule has 0 spiro atoms. The average molecular weight is 423 g/mol. The maximum Gasteiger partial charge on any atom is 0.291 e. The molecule has 0 bridgehead atoms. The van der Waals surface area contributed by atoms with E-state index in [1.165, 1.54) is 11.3 Å². The Morgan fingerprint density at radius 1 is 1.13 bits per heavy atom. The molecule has 3 heterocycles. The van der Waals surface area contributed by atoms with Crippen molar-refractivity contribution >= 4 is 17.2 Å². The maximum atomic E-state index is 12.9. The van der Waals surface area contributed by atoms with Gasteiger partial charge in [0.1, 0.15) is 6.04 Å². The van der Waals surface area contributed by atoms with E-state index in [4.69, 9.17) is 4.52 Å². The smallest absolute Gasteiger partial charge is 0.291 e. The van der Waals surface area contributed by atoms with Crippen LogP contribution in [0.1, 0.15) is 56.1 Å². The molecule has 0 radical (unpaired) electrons. The van der Waals surface area contributed by atoms with Gasteiger partial charge in [-0.15, -0.1) is 16.4 Å². The van der Waals surface area contributed by atoms with Gasteiger partial charge in [0, 0.05) is 5.41 Å². The van der Waals surface area contributed by atoms with Crippen LogP contribution in [-0.2, 0) is 5.41 Å². The van der Waals surface area contributed by atoms with E-state index in [2.05, 4.69) is 25.5 Å². The molecule has 4 aromatic rings. The SMILES string of the molecule is C[C@H](NC(=O)c1nc(-c2cccs2)n(-c2ccccc2)n1)c1nc(C(C)(C)C)no1. The molecule has 1 atom stereocenters. The summed E-state index contributed by atoms with van der Waals surface area (Å²) in [6.07, 6.45) is 0. The van der Waals surface area contributed by atoms with E-state index in [1.54, 1.807) is 11.6 Å². The number of hydrogen-bond donors (Lipinski definition) is 1. The topological polar surface area (TPSA) is 98.7 Å². The summed E-state index contributed by atoms with van der Waals surface area (Å²) in [6, 6.07) is 13.0. The summed E-state index contributed by atoms with van der Waals surface area (Å²) in [5.41, 5.74) is 0.587. The van der Waals surface area contributed by atoms with Crippen LogP contribution in [0, 0.1) is 0 Å². The highest BCUT2D eigenvalue weighted by Gasteiger charge is 2.26. The number of rotatable bonds is 5. The van der Waals surface area contributed by atoms with Gasteiger partial charge in [0.05, 0.1) is 10.6 Å². The molecule has 154 valence electrons. The van der Waals surface area contributed by atoms with Crippen LogP contribution in [0.4, 0.5) is 0 Å². The molecule has 1 aromatic carbocycles. The largest absolute Gasteiger partial charge is 0.338 e. The molecule has 8 nitrogen and oxygen atoms in total. The van der Waals surface area contributed by atoms with E-state index in [-0.39, 0.29) is 11.2 Å². The zero-order valence-electron chi connectivity index (χ0n) is 17.2. The molecule has 0 fully saturated rings. The Balaban J connectivity index is 1.61. The number of thiophene rings is 1. The Morgan fingerprint density at radius 2 is 1.90 bits per heavy atom. The van der Waals surface area contributed by atoms with Gasteiger partial charge in [0.15, 0.2) is 11.6 Å². The van der Waals surface area contributed by atoms with Gasteiger partial charge in [-0.2, -0.15) is 4.98 Å². The molecule has 0 aliphatic carbocycles. The molecular formula is C21H22N6O2S. The molecule has 1 amide bonds. The predicted octanol–water partition coefficient (Wildman–Crippen LogP) is 4.17. The van der Waals surface area contributed by atoms with Crippen molar-refractivity contribution in [1.29, 1.82) is 0 Å². The van der Waals surface area contributed by atoms with Crippen LogP contribution in [0.3, 0.4) is 0 Å². The lowest BCUT2D eigenvalue weighted by atomic mass is 9.96. The van der Waals surface area contributed by atoms with Crippen LogP contribution in [-0.4, -0.2) is 30.8 Å². The third kappa shape index (κ3) is 4.02. The number of aromatic nitrogens is 5. The number of hydrogen-bond acceptors (Lipinski definition) is 7. The van der Waals surface area contributed by atoms with Crippen LogP contribution >= 0.6 is 11.3 Å². The maximum absolute atomic E-state index is 12.9. The first-order chi connectivity index (χ1) is 14.3. The lowest BCUT2D eigenvalue weighted by molar-refractivity contribution is 0.0922. The van der Waals surface area contributed by atoms with Crippen LogP contribution in [0.5, 0.6) is 0 Å². The summed E-state index contributed by atoms with van der Waals surface area (Å²) in [5, 5.41) is 13.3. The zero-order valence-corrected chi connectivity index (χ0v) is 18.0. The molecule has 0 aliphatic heterocycles. The molecule has 0 saturated heterocycles. The summed E-state index contributed by atoms with van der Waals surface area (Å²) in [5.74, 6) is 1.20. The lowest BCUT2D eigenvalue weighted by Crippen LogP contribution is -2.28. The second-order valence-electron chi connectivity index (χ2n) is 7.89. The van der Waals surface area contributed by atoms with Crippen molar-refractivity contribution in [3.05, 3.63) is 65.4 Å². The predicted molar refractivity (Wildman–Crippen MR) is 114 cm³/mol. The van der Waals surface area contributed by atoms with Gasteiger partial charge in [0.2, 0.25) is 11.7 Å². The summed E-state index contributed by atoms with van der Waals surface area (Å²) in [7, 11) is 0. The Labute approximate surface area is 178 Å². The average Bonchev–Trinajstić information content (AvgIpc) is 3.48. The van der Waals surface area contributed by atoms with E-state index < -0.39 is 11.9 Å². The second kappa shape index (κ2) is 7.83. The van der Waals surface area contributed by atoms with E-state index >= 15 is 0 Å². The fourth-order valence-corrected chi connectivity index (χ4v) is 3.46. The van der Waals surface area contributed by atoms with Gasteiger partial charge in [0.25, 0.3) is 5.91 Å². The quantitative estimate of drug-likeness (QED) is 0.518. The van der Waals surface area contributed by atoms with Gasteiger partial charge >= 0.3 is 0 Å². The summed E-state index contributed by atoms with van der Waals surface area (Å²) in [4.78, 5) is 22.7. The number of nitrogens with one attached hydrogen (secondary N) is 1. The molecule has 0 aliphatic rings. The van der Waals surface area contributed by atoms with Gasteiger partial charge in [-0.1, -0.05) is 50.2 Å². The van der Waals surface area contributed by atoms with Crippen molar-refractivity contribution in [2.24, 2.45) is 0 Å². The Hall–Kier alpha value is -3.33. The molecule has 1 N–H and O–H groups in total. The molecule has 3 aromatic heterocycles. The Morgan fingerprint density at radius 3 is 2.53 bits per heavy atom. The van der Waals surface area contributed by atoms with Crippen LogP contribution in [0.15, 0.2) is 52.4 Å². The molecule has 9 heteroatoms. The zero-order chi connectivity index (χ0) is 21.3. The monoisotopic (exact) mass is 422 g/mol. The fraction of sp³-hybridized carbons (Fsp3) is 0.286. The summed E-state index contributed by atoms with van der Waals surface area (Å²) < 4.78 is 7.00. The van der Waals surface area contributed by atoms with E-state index in [9.17, 15) is 4.79 Å². The standard InChI is InChI=1S/C21H22N6O2S/c1-13(19-24-20(26-29-19)21(2,3)4)22-18(28)16-23-17(15-11-8-12-30-15)27(25-16)14-9-6-5-7-10-14/h5-13H,1-4H3,(H,22,28)/t13-/m0/s1. The minimum absolute atomic E-state index is 0.0738. The highest BCUT2D eigenvalue weighted by Crippen LogP contribution is 2.26. The highest BCUT2D eigenvalue weighted by molar-refractivity contribution is 7.13. The summed E-state index contributed by atoms with van der Waals surface area (Å²) >= 11 is 1.54. The van der Waals surface area contributed by atoms with Gasteiger partial charge in [-0.25, -0.2) is 9.67 Å². The highest BCUT2D eigenvalue weighted by atomic mass is 32.1. The number of carbonyl (C=O) groups excluding carboxylic acids is 1. The molecule has 0 saturated carbocycles. The van der Waals surface area contributed by atoms with Gasteiger partial charge < -0.3 is 9.84 Å².